The van der Waals surface area contributed by atoms with E-state index in [1.807, 2.05) is 6.92 Å². The maximum atomic E-state index is 12.1. The zero-order valence-corrected chi connectivity index (χ0v) is 12.9. The molecule has 1 aliphatic rings. The molecule has 1 saturated carbocycles. The Morgan fingerprint density at radius 3 is 2.71 bits per heavy atom. The third kappa shape index (κ3) is 3.73. The van der Waals surface area contributed by atoms with E-state index >= 15 is 0 Å². The maximum Gasteiger partial charge on any atom is 0.341 e. The van der Waals surface area contributed by atoms with Gasteiger partial charge in [0.1, 0.15) is 11.4 Å². The summed E-state index contributed by atoms with van der Waals surface area (Å²) in [6, 6.07) is 4.28. The Morgan fingerprint density at radius 2 is 2.10 bits per heavy atom. The van der Waals surface area contributed by atoms with Crippen LogP contribution in [0.5, 0.6) is 0 Å². The Hall–Kier alpha value is -1.62. The van der Waals surface area contributed by atoms with Gasteiger partial charge >= 0.3 is 5.97 Å². The summed E-state index contributed by atoms with van der Waals surface area (Å²) in [6.07, 6.45) is 5.89. The van der Waals surface area contributed by atoms with Crippen molar-refractivity contribution in [2.75, 3.05) is 18.1 Å². The molecule has 21 heavy (non-hydrogen) atoms. The van der Waals surface area contributed by atoms with E-state index in [1.165, 1.54) is 0 Å². The molecule has 1 aliphatic carbocycles. The predicted molar refractivity (Wildman–Crippen MR) is 83.4 cm³/mol. The van der Waals surface area contributed by atoms with E-state index in [2.05, 4.69) is 16.8 Å². The van der Waals surface area contributed by atoms with Gasteiger partial charge in [-0.2, -0.15) is 0 Å². The van der Waals surface area contributed by atoms with Crippen molar-refractivity contribution in [1.82, 2.24) is 4.98 Å². The molecule has 0 atom stereocenters. The molecule has 5 nitrogen and oxygen atoms in total. The van der Waals surface area contributed by atoms with Crippen molar-refractivity contribution < 1.29 is 9.53 Å². The second-order valence-corrected chi connectivity index (χ2v) is 5.45. The third-order valence-corrected chi connectivity index (χ3v) is 4.08. The van der Waals surface area contributed by atoms with Crippen LogP contribution in [-0.4, -0.2) is 36.2 Å². The van der Waals surface area contributed by atoms with Gasteiger partial charge in [0.15, 0.2) is 0 Å². The Bertz CT molecular complexity index is 470. The van der Waals surface area contributed by atoms with Crippen molar-refractivity contribution in [1.29, 1.82) is 0 Å². The largest absolute Gasteiger partial charge is 0.462 e. The van der Waals surface area contributed by atoms with Gasteiger partial charge < -0.3 is 15.4 Å². The molecule has 0 amide bonds. The van der Waals surface area contributed by atoms with Gasteiger partial charge in [0.2, 0.25) is 0 Å². The van der Waals surface area contributed by atoms with Crippen LogP contribution in [-0.2, 0) is 4.74 Å². The van der Waals surface area contributed by atoms with Gasteiger partial charge in [-0.15, -0.1) is 0 Å². The highest BCUT2D eigenvalue weighted by Gasteiger charge is 2.27. The highest BCUT2D eigenvalue weighted by molar-refractivity contribution is 5.94. The number of anilines is 1. The Balaban J connectivity index is 2.23. The first-order chi connectivity index (χ1) is 10.2. The molecule has 1 fully saturated rings. The van der Waals surface area contributed by atoms with Gasteiger partial charge in [-0.3, -0.25) is 0 Å². The number of rotatable bonds is 5. The van der Waals surface area contributed by atoms with Gasteiger partial charge in [0.25, 0.3) is 0 Å². The van der Waals surface area contributed by atoms with Crippen molar-refractivity contribution >= 4 is 11.8 Å². The number of hydrogen-bond acceptors (Lipinski definition) is 5. The number of esters is 1. The lowest BCUT2D eigenvalue weighted by Crippen LogP contribution is -2.42. The lowest BCUT2D eigenvalue weighted by Gasteiger charge is -2.36. The molecule has 0 radical (unpaired) electrons. The fourth-order valence-corrected chi connectivity index (χ4v) is 2.99. The summed E-state index contributed by atoms with van der Waals surface area (Å²) in [5.41, 5.74) is 6.54. The van der Waals surface area contributed by atoms with Crippen LogP contribution in [0.25, 0.3) is 0 Å². The van der Waals surface area contributed by atoms with Crippen molar-refractivity contribution in [3.05, 3.63) is 23.9 Å². The highest BCUT2D eigenvalue weighted by Crippen LogP contribution is 2.28. The average Bonchev–Trinajstić information content (AvgIpc) is 2.50. The topological polar surface area (TPSA) is 68.5 Å². The summed E-state index contributed by atoms with van der Waals surface area (Å²) >= 11 is 0. The summed E-state index contributed by atoms with van der Waals surface area (Å²) in [5.74, 6) is 0.436. The monoisotopic (exact) mass is 291 g/mol. The van der Waals surface area contributed by atoms with E-state index in [0.717, 1.165) is 38.0 Å². The zero-order chi connectivity index (χ0) is 15.2. The molecule has 2 rings (SSSR count). The summed E-state index contributed by atoms with van der Waals surface area (Å²) in [7, 11) is 0. The number of nitrogens with zero attached hydrogens (tertiary/aromatic N) is 2. The fourth-order valence-electron chi connectivity index (χ4n) is 2.99. The molecule has 0 aromatic carbocycles. The van der Waals surface area contributed by atoms with Crippen LogP contribution in [0.2, 0.25) is 0 Å². The molecule has 5 heteroatoms. The normalized spacial score (nSPS) is 21.9. The molecule has 1 aromatic heterocycles. The molecule has 0 saturated heterocycles. The summed E-state index contributed by atoms with van der Waals surface area (Å²) in [4.78, 5) is 18.8. The molecular weight excluding hydrogens is 266 g/mol. The van der Waals surface area contributed by atoms with Crippen LogP contribution in [0, 0.1) is 0 Å². The summed E-state index contributed by atoms with van der Waals surface area (Å²) < 4.78 is 5.14. The first-order valence-electron chi connectivity index (χ1n) is 7.81. The number of aromatic nitrogens is 1. The lowest BCUT2D eigenvalue weighted by molar-refractivity contribution is 0.0526. The summed E-state index contributed by atoms with van der Waals surface area (Å²) in [6.45, 7) is 5.10. The third-order valence-electron chi connectivity index (χ3n) is 4.08. The standard InChI is InChI=1S/C16H25N3O2/c1-3-19(13-9-7-12(17)8-10-13)15-14(6-5-11-18-15)16(20)21-4-2/h5-6,11-13H,3-4,7-10,17H2,1-2H3. The van der Waals surface area contributed by atoms with Gasteiger partial charge in [-0.05, 0) is 51.7 Å². The van der Waals surface area contributed by atoms with Crippen LogP contribution < -0.4 is 10.6 Å². The second kappa shape index (κ2) is 7.41. The van der Waals surface area contributed by atoms with Crippen LogP contribution >= 0.6 is 0 Å². The van der Waals surface area contributed by atoms with E-state index in [9.17, 15) is 4.79 Å². The first kappa shape index (κ1) is 15.8. The zero-order valence-electron chi connectivity index (χ0n) is 12.9. The molecule has 0 unspecified atom stereocenters. The minimum atomic E-state index is -0.299. The van der Waals surface area contributed by atoms with Crippen LogP contribution in [0.3, 0.4) is 0 Å². The Labute approximate surface area is 126 Å². The van der Waals surface area contributed by atoms with Crippen LogP contribution in [0.15, 0.2) is 18.3 Å². The number of nitrogens with two attached hydrogens (primary N) is 1. The molecular formula is C16H25N3O2. The van der Waals surface area contributed by atoms with Crippen molar-refractivity contribution in [3.8, 4) is 0 Å². The molecule has 116 valence electrons. The van der Waals surface area contributed by atoms with Crippen molar-refractivity contribution in [2.24, 2.45) is 5.73 Å². The second-order valence-electron chi connectivity index (χ2n) is 5.45. The van der Waals surface area contributed by atoms with Gasteiger partial charge in [0.05, 0.1) is 6.61 Å². The minimum absolute atomic E-state index is 0.299. The molecule has 0 aliphatic heterocycles. The number of hydrogen-bond donors (Lipinski definition) is 1. The van der Waals surface area contributed by atoms with E-state index in [4.69, 9.17) is 10.5 Å². The molecule has 2 N–H and O–H groups in total. The first-order valence-corrected chi connectivity index (χ1v) is 7.81. The highest BCUT2D eigenvalue weighted by atomic mass is 16.5. The van der Waals surface area contributed by atoms with Gasteiger partial charge in [-0.25, -0.2) is 9.78 Å². The molecule has 0 bridgehead atoms. The summed E-state index contributed by atoms with van der Waals surface area (Å²) in [5, 5.41) is 0. The molecule has 0 spiro atoms. The van der Waals surface area contributed by atoms with E-state index in [-0.39, 0.29) is 5.97 Å². The molecule has 1 heterocycles. The minimum Gasteiger partial charge on any atom is -0.462 e. The molecule has 1 aromatic rings. The van der Waals surface area contributed by atoms with Crippen molar-refractivity contribution in [2.45, 2.75) is 51.6 Å². The number of carbonyl (C=O) groups excluding carboxylic acids is 1. The van der Waals surface area contributed by atoms with E-state index < -0.39 is 0 Å². The van der Waals surface area contributed by atoms with E-state index in [1.54, 1.807) is 18.3 Å². The van der Waals surface area contributed by atoms with Crippen molar-refractivity contribution in [3.63, 3.8) is 0 Å². The SMILES string of the molecule is CCOC(=O)c1cccnc1N(CC)C1CCC(N)CC1. The van der Waals surface area contributed by atoms with Crippen LogP contribution in [0.4, 0.5) is 5.82 Å². The number of pyridine rings is 1. The van der Waals surface area contributed by atoms with Gasteiger partial charge in [-0.1, -0.05) is 0 Å². The van der Waals surface area contributed by atoms with E-state index in [0.29, 0.717) is 24.3 Å². The maximum absolute atomic E-state index is 12.1. The average molecular weight is 291 g/mol. The predicted octanol–water partition coefficient (Wildman–Crippen LogP) is 2.35. The lowest BCUT2D eigenvalue weighted by atomic mass is 9.90. The quantitative estimate of drug-likeness (QED) is 0.843. The number of ether oxygens (including phenoxy) is 1. The Kier molecular flexibility index (Phi) is 5.56. The number of carbonyl (C=O) groups is 1. The Morgan fingerprint density at radius 1 is 1.38 bits per heavy atom. The van der Waals surface area contributed by atoms with Crippen LogP contribution in [0.1, 0.15) is 49.9 Å². The van der Waals surface area contributed by atoms with Gasteiger partial charge in [0, 0.05) is 24.8 Å². The smallest absolute Gasteiger partial charge is 0.341 e. The fraction of sp³-hybridized carbons (Fsp3) is 0.625.